The molecule has 0 aliphatic carbocycles. The maximum Gasteiger partial charge on any atom is 0.282 e. The van der Waals surface area contributed by atoms with Gasteiger partial charge in [0.15, 0.2) is 5.60 Å². The minimum atomic E-state index is -2.09. The Morgan fingerprint density at radius 1 is 1.03 bits per heavy atom. The Morgan fingerprint density at radius 2 is 1.62 bits per heavy atom. The van der Waals surface area contributed by atoms with Crippen molar-refractivity contribution in [1.29, 1.82) is 0 Å². The highest BCUT2D eigenvalue weighted by molar-refractivity contribution is 6.31. The first-order chi connectivity index (χ1) is 17.7. The number of H-pyrrole nitrogens is 1. The van der Waals surface area contributed by atoms with Crippen LogP contribution in [0, 0.1) is 0 Å². The zero-order valence-corrected chi connectivity index (χ0v) is 20.2. The maximum absolute atomic E-state index is 13.5. The Bertz CT molecular complexity index is 1730. The fourth-order valence-electron chi connectivity index (χ4n) is 4.35. The number of aromatic hydroxyl groups is 1. The van der Waals surface area contributed by atoms with Gasteiger partial charge >= 0.3 is 0 Å². The van der Waals surface area contributed by atoms with Gasteiger partial charge in [0.2, 0.25) is 5.43 Å². The van der Waals surface area contributed by atoms with Gasteiger partial charge in [-0.15, -0.1) is 5.10 Å². The van der Waals surface area contributed by atoms with Crippen molar-refractivity contribution in [2.24, 2.45) is 0 Å². The molecule has 5 aromatic rings. The lowest BCUT2D eigenvalue weighted by atomic mass is 9.85. The summed E-state index contributed by atoms with van der Waals surface area (Å²) in [7, 11) is 0. The van der Waals surface area contributed by atoms with Gasteiger partial charge < -0.3 is 20.5 Å². The van der Waals surface area contributed by atoms with Gasteiger partial charge in [0.25, 0.3) is 17.3 Å². The molecule has 3 aromatic carbocycles. The van der Waals surface area contributed by atoms with Crippen LogP contribution in [0.25, 0.3) is 21.8 Å². The number of hydrogen-bond donors (Lipinski definition) is 4. The van der Waals surface area contributed by atoms with Gasteiger partial charge in [0.05, 0.1) is 5.52 Å². The average Bonchev–Trinajstić information content (AvgIpc) is 2.90. The number of aliphatic hydroxyl groups is 1. The number of carbonyl (C=O) groups is 1. The molecule has 186 valence electrons. The summed E-state index contributed by atoms with van der Waals surface area (Å²) in [5, 5.41) is 29.0. The average molecular weight is 517 g/mol. The van der Waals surface area contributed by atoms with Crippen LogP contribution >= 0.6 is 11.6 Å². The number of hydrogen-bond acceptors (Lipinski definition) is 6. The molecule has 0 bridgehead atoms. The second-order valence-electron chi connectivity index (χ2n) is 8.56. The van der Waals surface area contributed by atoms with Gasteiger partial charge in [-0.25, -0.2) is 4.68 Å². The van der Waals surface area contributed by atoms with Crippen LogP contribution in [0.3, 0.4) is 0 Å². The number of amides is 1. The molecule has 0 saturated heterocycles. The van der Waals surface area contributed by atoms with Crippen molar-refractivity contribution >= 4 is 39.3 Å². The summed E-state index contributed by atoms with van der Waals surface area (Å²) in [6.07, 6.45) is -1.14. The van der Waals surface area contributed by atoms with E-state index in [1.54, 1.807) is 60.7 Å². The zero-order chi connectivity index (χ0) is 26.3. The number of aromatic amines is 1. The molecular formula is C27H21ClN4O5. The first-order valence-electron chi connectivity index (χ1n) is 11.3. The lowest BCUT2D eigenvalue weighted by molar-refractivity contribution is -0.138. The van der Waals surface area contributed by atoms with E-state index >= 15 is 0 Å². The zero-order valence-electron chi connectivity index (χ0n) is 19.5. The molecule has 9 nitrogen and oxygen atoms in total. The molecule has 2 aromatic heterocycles. The standard InChI is InChI=1S/C27H21ClN4O5/c1-15(29-26(36)27(37,16-8-4-2-5-9-16)17-10-6-3-7-11-17)32-25(35)21-22(24(34)31-32)30-20-14-18(28)12-13-19(20)23(21)33/h2-15,37H,1H3,(H,29,36)(H,30,33)(H,31,34). The molecule has 1 amide bonds. The lowest BCUT2D eigenvalue weighted by Gasteiger charge is -2.29. The number of fused-ring (bicyclic) bond motifs is 2. The Kier molecular flexibility index (Phi) is 6.02. The Morgan fingerprint density at radius 3 is 2.22 bits per heavy atom. The minimum absolute atomic E-state index is 0.149. The van der Waals surface area contributed by atoms with Gasteiger partial charge in [-0.1, -0.05) is 72.3 Å². The topological polar surface area (TPSA) is 137 Å². The number of nitrogens with one attached hydrogen (secondary N) is 2. The van der Waals surface area contributed by atoms with E-state index in [0.29, 0.717) is 21.7 Å². The summed E-state index contributed by atoms with van der Waals surface area (Å²) in [5.74, 6) is -1.44. The van der Waals surface area contributed by atoms with Gasteiger partial charge in [-0.3, -0.25) is 14.4 Å². The number of nitrogens with zero attached hydrogens (tertiary/aromatic N) is 2. The van der Waals surface area contributed by atoms with E-state index in [9.17, 15) is 24.6 Å². The van der Waals surface area contributed by atoms with Crippen LogP contribution in [0.1, 0.15) is 24.2 Å². The first-order valence-corrected chi connectivity index (χ1v) is 11.7. The lowest BCUT2D eigenvalue weighted by Crippen LogP contribution is -2.48. The van der Waals surface area contributed by atoms with Crippen LogP contribution in [0.5, 0.6) is 5.88 Å². The monoisotopic (exact) mass is 516 g/mol. The first kappa shape index (κ1) is 24.2. The third-order valence-corrected chi connectivity index (χ3v) is 6.46. The third kappa shape index (κ3) is 4.04. The van der Waals surface area contributed by atoms with Gasteiger partial charge in [0, 0.05) is 10.4 Å². The van der Waals surface area contributed by atoms with E-state index in [1.165, 1.54) is 25.1 Å². The van der Waals surface area contributed by atoms with E-state index in [4.69, 9.17) is 11.6 Å². The van der Waals surface area contributed by atoms with E-state index in [2.05, 4.69) is 15.4 Å². The second kappa shape index (κ2) is 9.20. The van der Waals surface area contributed by atoms with Crippen molar-refractivity contribution in [1.82, 2.24) is 20.1 Å². The normalized spacial score (nSPS) is 12.5. The van der Waals surface area contributed by atoms with Crippen molar-refractivity contribution in [2.45, 2.75) is 18.7 Å². The number of benzene rings is 3. The van der Waals surface area contributed by atoms with Gasteiger partial charge in [0.1, 0.15) is 17.1 Å². The van der Waals surface area contributed by atoms with Crippen LogP contribution in [0.15, 0.2) is 88.5 Å². The maximum atomic E-state index is 13.5. The Balaban J connectivity index is 1.60. The summed E-state index contributed by atoms with van der Waals surface area (Å²) in [6.45, 7) is 1.45. The molecule has 4 N–H and O–H groups in total. The van der Waals surface area contributed by atoms with E-state index < -0.39 is 34.5 Å². The van der Waals surface area contributed by atoms with E-state index in [1.807, 2.05) is 0 Å². The number of carbonyl (C=O) groups excluding carboxylic acids is 1. The number of halogens is 1. The molecule has 0 aliphatic rings. The third-order valence-electron chi connectivity index (χ3n) is 6.23. The number of pyridine rings is 1. The Labute approximate surface area is 214 Å². The highest BCUT2D eigenvalue weighted by Crippen LogP contribution is 2.30. The highest BCUT2D eigenvalue weighted by atomic mass is 35.5. The van der Waals surface area contributed by atoms with Crippen LogP contribution in [-0.4, -0.2) is 30.9 Å². The van der Waals surface area contributed by atoms with E-state index in [0.717, 1.165) is 4.68 Å². The summed E-state index contributed by atoms with van der Waals surface area (Å²) < 4.78 is 0.795. The molecule has 0 spiro atoms. The predicted molar refractivity (Wildman–Crippen MR) is 140 cm³/mol. The fourth-order valence-corrected chi connectivity index (χ4v) is 4.52. The van der Waals surface area contributed by atoms with Crippen LogP contribution in [-0.2, 0) is 10.4 Å². The van der Waals surface area contributed by atoms with E-state index in [-0.39, 0.29) is 16.3 Å². The molecule has 0 aliphatic heterocycles. The molecule has 1 atom stereocenters. The quantitative estimate of drug-likeness (QED) is 0.265. The summed E-state index contributed by atoms with van der Waals surface area (Å²) in [6, 6.07) is 21.2. The Hall–Kier alpha value is -4.47. The van der Waals surface area contributed by atoms with Gasteiger partial charge in [-0.05, 0) is 36.2 Å². The highest BCUT2D eigenvalue weighted by Gasteiger charge is 2.40. The van der Waals surface area contributed by atoms with Crippen molar-refractivity contribution in [3.8, 4) is 5.88 Å². The molecular weight excluding hydrogens is 496 g/mol. The largest absolute Gasteiger partial charge is 0.491 e. The van der Waals surface area contributed by atoms with Crippen molar-refractivity contribution in [3.63, 3.8) is 0 Å². The fraction of sp³-hybridized carbons (Fsp3) is 0.111. The summed E-state index contributed by atoms with van der Waals surface area (Å²) >= 11 is 6.01. The van der Waals surface area contributed by atoms with Crippen molar-refractivity contribution < 1.29 is 15.0 Å². The second-order valence-corrected chi connectivity index (χ2v) is 9.00. The van der Waals surface area contributed by atoms with Crippen molar-refractivity contribution in [3.05, 3.63) is 116 Å². The molecule has 2 heterocycles. The number of rotatable bonds is 5. The molecule has 1 unspecified atom stereocenters. The van der Waals surface area contributed by atoms with Crippen molar-refractivity contribution in [2.75, 3.05) is 0 Å². The minimum Gasteiger partial charge on any atom is -0.491 e. The molecule has 37 heavy (non-hydrogen) atoms. The molecule has 0 saturated carbocycles. The molecule has 10 heteroatoms. The molecule has 5 rings (SSSR count). The summed E-state index contributed by atoms with van der Waals surface area (Å²) in [5.41, 5.74) is -2.74. The van der Waals surface area contributed by atoms with Gasteiger partial charge in [-0.2, -0.15) is 0 Å². The predicted octanol–water partition coefficient (Wildman–Crippen LogP) is 3.17. The molecule has 0 fully saturated rings. The molecule has 0 radical (unpaired) electrons. The van der Waals surface area contributed by atoms with Crippen LogP contribution in [0.4, 0.5) is 0 Å². The summed E-state index contributed by atoms with van der Waals surface area (Å²) in [4.78, 5) is 42.9. The SMILES string of the molecule is CC(NC(=O)C(O)(c1ccccc1)c1ccccc1)n1nc(O)c2[nH]c3cc(Cl)ccc3c(=O)c2c1=O. The smallest absolute Gasteiger partial charge is 0.282 e. The van der Waals surface area contributed by atoms with Crippen LogP contribution in [0.2, 0.25) is 5.02 Å². The van der Waals surface area contributed by atoms with Crippen LogP contribution < -0.4 is 16.3 Å². The number of aromatic nitrogens is 3.